The Kier molecular flexibility index (Phi) is 5.02. The lowest BCUT2D eigenvalue weighted by Crippen LogP contribution is -2.22. The molecule has 4 aromatic rings. The Hall–Kier alpha value is -4.00. The zero-order valence-electron chi connectivity index (χ0n) is 16.8. The van der Waals surface area contributed by atoms with Crippen molar-refractivity contribution in [1.29, 1.82) is 0 Å². The van der Waals surface area contributed by atoms with Crippen molar-refractivity contribution >= 4 is 28.3 Å². The summed E-state index contributed by atoms with van der Waals surface area (Å²) in [5.74, 6) is 0.445. The van der Waals surface area contributed by atoms with Gasteiger partial charge in [-0.25, -0.2) is 4.79 Å². The Bertz CT molecular complexity index is 1290. The van der Waals surface area contributed by atoms with Crippen LogP contribution in [0.15, 0.2) is 71.5 Å². The van der Waals surface area contributed by atoms with Crippen molar-refractivity contribution in [2.75, 3.05) is 18.2 Å². The number of amides is 1. The molecule has 152 valence electrons. The molecule has 0 saturated carbocycles. The average Bonchev–Trinajstić information content (AvgIpc) is 3.00. The van der Waals surface area contributed by atoms with Crippen LogP contribution in [0.2, 0.25) is 0 Å². The van der Waals surface area contributed by atoms with E-state index in [1.807, 2.05) is 42.5 Å². The Morgan fingerprint density at radius 3 is 2.47 bits per heavy atom. The first kappa shape index (κ1) is 19.3. The van der Waals surface area contributed by atoms with E-state index in [0.717, 1.165) is 16.6 Å². The van der Waals surface area contributed by atoms with E-state index in [2.05, 4.69) is 5.32 Å². The predicted molar refractivity (Wildman–Crippen MR) is 118 cm³/mol. The van der Waals surface area contributed by atoms with E-state index in [-0.39, 0.29) is 11.6 Å². The smallest absolute Gasteiger partial charge is 0.329 e. The highest BCUT2D eigenvalue weighted by Crippen LogP contribution is 2.21. The molecule has 1 aromatic heterocycles. The molecule has 7 nitrogen and oxygen atoms in total. The number of nitrogens with zero attached hydrogens (tertiary/aromatic N) is 2. The highest BCUT2D eigenvalue weighted by molar-refractivity contribution is 6.05. The summed E-state index contributed by atoms with van der Waals surface area (Å²) < 4.78 is 8.60. The van der Waals surface area contributed by atoms with Gasteiger partial charge in [0, 0.05) is 18.7 Å². The zero-order valence-corrected chi connectivity index (χ0v) is 16.8. The van der Waals surface area contributed by atoms with Crippen LogP contribution < -0.4 is 21.5 Å². The summed E-state index contributed by atoms with van der Waals surface area (Å²) in [6.07, 6.45) is 0. The summed E-state index contributed by atoms with van der Waals surface area (Å²) in [6, 6.07) is 19.8. The molecular formula is C23H22N4O3. The molecule has 3 aromatic carbocycles. The lowest BCUT2D eigenvalue weighted by Gasteiger charge is -2.09. The second-order valence-corrected chi connectivity index (χ2v) is 7.02. The maximum Gasteiger partial charge on any atom is 0.329 e. The molecule has 0 bridgehead atoms. The molecule has 0 saturated heterocycles. The minimum atomic E-state index is -0.244. The van der Waals surface area contributed by atoms with Crippen molar-refractivity contribution < 1.29 is 9.53 Å². The van der Waals surface area contributed by atoms with Gasteiger partial charge < -0.3 is 15.8 Å². The molecule has 0 fully saturated rings. The van der Waals surface area contributed by atoms with Gasteiger partial charge >= 0.3 is 5.69 Å². The molecule has 0 radical (unpaired) electrons. The normalized spacial score (nSPS) is 10.9. The van der Waals surface area contributed by atoms with Crippen LogP contribution in [0.4, 0.5) is 11.4 Å². The fourth-order valence-electron chi connectivity index (χ4n) is 3.42. The Morgan fingerprint density at radius 2 is 1.77 bits per heavy atom. The van der Waals surface area contributed by atoms with E-state index in [0.29, 0.717) is 29.2 Å². The predicted octanol–water partition coefficient (Wildman–Crippen LogP) is 3.23. The first-order valence-electron chi connectivity index (χ1n) is 9.46. The Balaban J connectivity index is 1.58. The first-order chi connectivity index (χ1) is 14.5. The number of nitrogens with two attached hydrogens (primary N) is 1. The van der Waals surface area contributed by atoms with Crippen molar-refractivity contribution in [3.05, 3.63) is 88.3 Å². The SMILES string of the molecule is COc1ccc2c(c1)n(Cc1ccc(C(=O)Nc3ccccc3N)cc1)c(=O)n2C. The number of benzene rings is 3. The van der Waals surface area contributed by atoms with Crippen LogP contribution in [0.1, 0.15) is 15.9 Å². The van der Waals surface area contributed by atoms with Crippen LogP contribution in [0.25, 0.3) is 11.0 Å². The number of para-hydroxylation sites is 2. The topological polar surface area (TPSA) is 91.3 Å². The van der Waals surface area contributed by atoms with Gasteiger partial charge in [-0.05, 0) is 42.0 Å². The van der Waals surface area contributed by atoms with E-state index in [1.165, 1.54) is 0 Å². The van der Waals surface area contributed by atoms with Gasteiger partial charge in [0.05, 0.1) is 36.1 Å². The molecule has 1 heterocycles. The number of fused-ring (bicyclic) bond motifs is 1. The molecular weight excluding hydrogens is 380 g/mol. The minimum Gasteiger partial charge on any atom is -0.497 e. The summed E-state index contributed by atoms with van der Waals surface area (Å²) in [4.78, 5) is 25.2. The van der Waals surface area contributed by atoms with E-state index in [1.54, 1.807) is 47.6 Å². The van der Waals surface area contributed by atoms with E-state index in [4.69, 9.17) is 10.5 Å². The summed E-state index contributed by atoms with van der Waals surface area (Å²) >= 11 is 0. The van der Waals surface area contributed by atoms with Crippen molar-refractivity contribution in [1.82, 2.24) is 9.13 Å². The number of aryl methyl sites for hydroxylation is 1. The van der Waals surface area contributed by atoms with E-state index < -0.39 is 0 Å². The molecule has 1 amide bonds. The third-order valence-electron chi connectivity index (χ3n) is 5.12. The lowest BCUT2D eigenvalue weighted by atomic mass is 10.1. The second-order valence-electron chi connectivity index (χ2n) is 7.02. The number of carbonyl (C=O) groups is 1. The van der Waals surface area contributed by atoms with Crippen LogP contribution in [0.5, 0.6) is 5.75 Å². The van der Waals surface area contributed by atoms with Gasteiger partial charge in [-0.3, -0.25) is 13.9 Å². The van der Waals surface area contributed by atoms with Gasteiger partial charge in [0.15, 0.2) is 0 Å². The number of imidazole rings is 1. The van der Waals surface area contributed by atoms with Gasteiger partial charge in [0.1, 0.15) is 5.75 Å². The number of aromatic nitrogens is 2. The number of anilines is 2. The van der Waals surface area contributed by atoms with Crippen molar-refractivity contribution in [3.63, 3.8) is 0 Å². The highest BCUT2D eigenvalue weighted by atomic mass is 16.5. The van der Waals surface area contributed by atoms with Crippen LogP contribution in [-0.4, -0.2) is 22.2 Å². The fourth-order valence-corrected chi connectivity index (χ4v) is 3.42. The molecule has 0 spiro atoms. The number of methoxy groups -OCH3 is 1. The fraction of sp³-hybridized carbons (Fsp3) is 0.130. The maximum absolute atomic E-state index is 12.7. The quantitative estimate of drug-likeness (QED) is 0.502. The van der Waals surface area contributed by atoms with Crippen molar-refractivity contribution in [2.45, 2.75) is 6.54 Å². The van der Waals surface area contributed by atoms with Gasteiger partial charge in [0.25, 0.3) is 5.91 Å². The van der Waals surface area contributed by atoms with Gasteiger partial charge in [-0.1, -0.05) is 24.3 Å². The highest BCUT2D eigenvalue weighted by Gasteiger charge is 2.13. The molecule has 0 unspecified atom stereocenters. The first-order valence-corrected chi connectivity index (χ1v) is 9.46. The molecule has 4 rings (SSSR count). The van der Waals surface area contributed by atoms with Crippen molar-refractivity contribution in [2.24, 2.45) is 7.05 Å². The number of nitrogen functional groups attached to an aromatic ring is 1. The minimum absolute atomic E-state index is 0.111. The standard InChI is InChI=1S/C23H22N4O3/c1-26-20-12-11-17(30-2)13-21(20)27(23(26)29)14-15-7-9-16(10-8-15)22(28)25-19-6-4-3-5-18(19)24/h3-13H,14,24H2,1-2H3,(H,25,28). The second kappa shape index (κ2) is 7.79. The number of carbonyl (C=O) groups excluding carboxylic acids is 1. The summed E-state index contributed by atoms with van der Waals surface area (Å²) in [6.45, 7) is 0.386. The number of ether oxygens (including phenoxy) is 1. The monoisotopic (exact) mass is 402 g/mol. The molecule has 7 heteroatoms. The van der Waals surface area contributed by atoms with Crippen LogP contribution >= 0.6 is 0 Å². The van der Waals surface area contributed by atoms with E-state index in [9.17, 15) is 9.59 Å². The average molecular weight is 402 g/mol. The molecule has 3 N–H and O–H groups in total. The third-order valence-corrected chi connectivity index (χ3v) is 5.12. The van der Waals surface area contributed by atoms with Crippen LogP contribution in [0, 0.1) is 0 Å². The molecule has 0 aliphatic rings. The third kappa shape index (κ3) is 3.53. The van der Waals surface area contributed by atoms with Gasteiger partial charge in [-0.15, -0.1) is 0 Å². The Morgan fingerprint density at radius 1 is 1.03 bits per heavy atom. The van der Waals surface area contributed by atoms with Gasteiger partial charge in [-0.2, -0.15) is 0 Å². The zero-order chi connectivity index (χ0) is 21.3. The van der Waals surface area contributed by atoms with E-state index >= 15 is 0 Å². The molecule has 0 aliphatic carbocycles. The van der Waals surface area contributed by atoms with Crippen molar-refractivity contribution in [3.8, 4) is 5.75 Å². The molecule has 0 aliphatic heterocycles. The molecule has 30 heavy (non-hydrogen) atoms. The number of hydrogen-bond acceptors (Lipinski definition) is 4. The lowest BCUT2D eigenvalue weighted by molar-refractivity contribution is 0.102. The van der Waals surface area contributed by atoms with Gasteiger partial charge in [0.2, 0.25) is 0 Å². The number of nitrogens with one attached hydrogen (secondary N) is 1. The number of rotatable bonds is 5. The van der Waals surface area contributed by atoms with Crippen LogP contribution in [0.3, 0.4) is 0 Å². The maximum atomic E-state index is 12.7. The summed E-state index contributed by atoms with van der Waals surface area (Å²) in [7, 11) is 3.34. The van der Waals surface area contributed by atoms with Crippen LogP contribution in [-0.2, 0) is 13.6 Å². The Labute approximate surface area is 173 Å². The largest absolute Gasteiger partial charge is 0.497 e. The molecule has 0 atom stereocenters. The number of hydrogen-bond donors (Lipinski definition) is 2. The summed E-state index contributed by atoms with van der Waals surface area (Å²) in [5.41, 5.74) is 9.89. The summed E-state index contributed by atoms with van der Waals surface area (Å²) in [5, 5.41) is 2.81.